The zero-order valence-electron chi connectivity index (χ0n) is 20.7. The lowest BCUT2D eigenvalue weighted by Crippen LogP contribution is -2.28. The Bertz CT molecular complexity index is 805. The third-order valence-electron chi connectivity index (χ3n) is 6.03. The fraction of sp³-hybridized carbons (Fsp3) is 0.571. The number of ether oxygens (including phenoxy) is 3. The van der Waals surface area contributed by atoms with Crippen molar-refractivity contribution in [2.75, 3.05) is 26.4 Å². The first-order valence-corrected chi connectivity index (χ1v) is 12.0. The number of ketones is 1. The fourth-order valence-electron chi connectivity index (χ4n) is 3.31. The second kappa shape index (κ2) is 13.5. The standard InChI is InChI=1S/C28H40O5/c1-27(2,25(29)22-23-12-7-5-8-13-23)16-20-31-18-11-19-32-21-17-28(3,4)26(30)33-24-14-9-6-10-15-24/h5-9,12-14H,10-11,15-22H2,1-4H3. The predicted octanol–water partition coefficient (Wildman–Crippen LogP) is 5.83. The summed E-state index contributed by atoms with van der Waals surface area (Å²) in [6.07, 6.45) is 10.1. The molecule has 0 aliphatic heterocycles. The van der Waals surface area contributed by atoms with Crippen LogP contribution in [-0.2, 0) is 30.2 Å². The Morgan fingerprint density at radius 3 is 2.12 bits per heavy atom. The van der Waals surface area contributed by atoms with Crippen molar-refractivity contribution in [2.45, 2.75) is 66.2 Å². The van der Waals surface area contributed by atoms with Gasteiger partial charge in [-0.05, 0) is 51.2 Å². The largest absolute Gasteiger partial charge is 0.431 e. The van der Waals surface area contributed by atoms with Crippen molar-refractivity contribution >= 4 is 11.8 Å². The van der Waals surface area contributed by atoms with E-state index >= 15 is 0 Å². The first-order valence-electron chi connectivity index (χ1n) is 12.0. The lowest BCUT2D eigenvalue weighted by Gasteiger charge is -2.23. The van der Waals surface area contributed by atoms with Crippen molar-refractivity contribution < 1.29 is 23.8 Å². The van der Waals surface area contributed by atoms with Crippen molar-refractivity contribution in [3.8, 4) is 0 Å². The molecular formula is C28H40O5. The normalized spacial score (nSPS) is 14.1. The Kier molecular flexibility index (Phi) is 11.0. The molecule has 0 heterocycles. The summed E-state index contributed by atoms with van der Waals surface area (Å²) in [6, 6.07) is 9.85. The zero-order valence-corrected chi connectivity index (χ0v) is 20.7. The molecule has 33 heavy (non-hydrogen) atoms. The monoisotopic (exact) mass is 456 g/mol. The average Bonchev–Trinajstić information content (AvgIpc) is 2.79. The summed E-state index contributed by atoms with van der Waals surface area (Å²) < 4.78 is 16.9. The van der Waals surface area contributed by atoms with Crippen molar-refractivity contribution in [1.29, 1.82) is 0 Å². The summed E-state index contributed by atoms with van der Waals surface area (Å²) in [7, 11) is 0. The molecule has 0 spiro atoms. The molecule has 0 saturated heterocycles. The van der Waals surface area contributed by atoms with Gasteiger partial charge in [-0.15, -0.1) is 0 Å². The molecule has 1 aliphatic carbocycles. The van der Waals surface area contributed by atoms with Gasteiger partial charge in [0.15, 0.2) is 0 Å². The van der Waals surface area contributed by atoms with Crippen LogP contribution in [0.15, 0.2) is 54.3 Å². The molecule has 5 nitrogen and oxygen atoms in total. The van der Waals surface area contributed by atoms with E-state index in [1.807, 2.05) is 70.2 Å². The SMILES string of the molecule is CC(C)(CCOCCCOCCC(C)(C)C(=O)OC1=CC=CCC1)C(=O)Cc1ccccc1. The number of hydrogen-bond acceptors (Lipinski definition) is 5. The number of Topliss-reactive ketones (excluding diaryl/α,β-unsaturated/α-hetero) is 1. The van der Waals surface area contributed by atoms with Crippen LogP contribution in [-0.4, -0.2) is 38.2 Å². The van der Waals surface area contributed by atoms with E-state index < -0.39 is 10.8 Å². The minimum atomic E-state index is -0.587. The average molecular weight is 457 g/mol. The highest BCUT2D eigenvalue weighted by Gasteiger charge is 2.30. The van der Waals surface area contributed by atoms with E-state index in [1.54, 1.807) is 0 Å². The van der Waals surface area contributed by atoms with E-state index in [1.165, 1.54) is 0 Å². The van der Waals surface area contributed by atoms with Crippen LogP contribution in [0.2, 0.25) is 0 Å². The van der Waals surface area contributed by atoms with Gasteiger partial charge in [0.05, 0.1) is 5.41 Å². The van der Waals surface area contributed by atoms with Crippen LogP contribution in [0.25, 0.3) is 0 Å². The van der Waals surface area contributed by atoms with Gasteiger partial charge in [-0.3, -0.25) is 9.59 Å². The highest BCUT2D eigenvalue weighted by molar-refractivity contribution is 5.86. The maximum absolute atomic E-state index is 12.6. The third kappa shape index (κ3) is 10.1. The first kappa shape index (κ1) is 27.0. The quantitative estimate of drug-likeness (QED) is 0.245. The molecule has 0 radical (unpaired) electrons. The second-order valence-corrected chi connectivity index (χ2v) is 9.92. The smallest absolute Gasteiger partial charge is 0.316 e. The van der Waals surface area contributed by atoms with E-state index in [4.69, 9.17) is 14.2 Å². The summed E-state index contributed by atoms with van der Waals surface area (Å²) >= 11 is 0. The van der Waals surface area contributed by atoms with Gasteiger partial charge in [-0.1, -0.05) is 56.3 Å². The number of benzene rings is 1. The molecule has 0 bridgehead atoms. The molecule has 0 saturated carbocycles. The van der Waals surface area contributed by atoms with Crippen molar-refractivity contribution in [3.05, 3.63) is 59.9 Å². The Morgan fingerprint density at radius 2 is 1.52 bits per heavy atom. The molecule has 1 aliphatic rings. The van der Waals surface area contributed by atoms with Crippen molar-refractivity contribution in [2.24, 2.45) is 10.8 Å². The molecule has 1 aromatic carbocycles. The molecule has 5 heteroatoms. The molecule has 1 aromatic rings. The highest BCUT2D eigenvalue weighted by atomic mass is 16.5. The number of allylic oxidation sites excluding steroid dienone is 4. The lowest BCUT2D eigenvalue weighted by molar-refractivity contribution is -0.150. The van der Waals surface area contributed by atoms with Gasteiger partial charge in [0.2, 0.25) is 0 Å². The van der Waals surface area contributed by atoms with E-state index in [9.17, 15) is 9.59 Å². The summed E-state index contributed by atoms with van der Waals surface area (Å²) in [6.45, 7) is 9.98. The molecule has 0 N–H and O–H groups in total. The topological polar surface area (TPSA) is 61.8 Å². The molecule has 0 fully saturated rings. The van der Waals surface area contributed by atoms with Gasteiger partial charge in [0, 0.05) is 44.7 Å². The number of carbonyl (C=O) groups is 2. The van der Waals surface area contributed by atoms with Crippen LogP contribution in [0.3, 0.4) is 0 Å². The number of carbonyl (C=O) groups excluding carboxylic acids is 2. The molecule has 0 atom stereocenters. The fourth-order valence-corrected chi connectivity index (χ4v) is 3.31. The zero-order chi connectivity index (χ0) is 24.2. The molecule has 182 valence electrons. The Balaban J connectivity index is 1.53. The Labute approximate surface area is 199 Å². The molecular weight excluding hydrogens is 416 g/mol. The van der Waals surface area contributed by atoms with Crippen LogP contribution in [0.5, 0.6) is 0 Å². The van der Waals surface area contributed by atoms with Gasteiger partial charge in [-0.25, -0.2) is 0 Å². The van der Waals surface area contributed by atoms with Gasteiger partial charge in [-0.2, -0.15) is 0 Å². The van der Waals surface area contributed by atoms with Gasteiger partial charge < -0.3 is 14.2 Å². The van der Waals surface area contributed by atoms with Crippen molar-refractivity contribution in [1.82, 2.24) is 0 Å². The van der Waals surface area contributed by atoms with Crippen LogP contribution < -0.4 is 0 Å². The number of hydrogen-bond donors (Lipinski definition) is 0. The van der Waals surface area contributed by atoms with Crippen LogP contribution in [0.4, 0.5) is 0 Å². The second-order valence-electron chi connectivity index (χ2n) is 9.92. The Morgan fingerprint density at radius 1 is 0.879 bits per heavy atom. The maximum Gasteiger partial charge on any atom is 0.316 e. The van der Waals surface area contributed by atoms with Crippen LogP contribution in [0, 0.1) is 10.8 Å². The third-order valence-corrected chi connectivity index (χ3v) is 6.03. The van der Waals surface area contributed by atoms with Crippen molar-refractivity contribution in [3.63, 3.8) is 0 Å². The Hall–Kier alpha value is -2.24. The first-order chi connectivity index (χ1) is 15.7. The lowest BCUT2D eigenvalue weighted by atomic mass is 9.82. The summed E-state index contributed by atoms with van der Waals surface area (Å²) in [5, 5.41) is 0. The summed E-state index contributed by atoms with van der Waals surface area (Å²) in [5.41, 5.74) is 0.0562. The molecule has 0 amide bonds. The maximum atomic E-state index is 12.6. The van der Waals surface area contributed by atoms with E-state index in [0.29, 0.717) is 45.7 Å². The van der Waals surface area contributed by atoms with E-state index in [-0.39, 0.29) is 11.8 Å². The minimum Gasteiger partial charge on any atom is -0.431 e. The summed E-state index contributed by atoms with van der Waals surface area (Å²) in [4.78, 5) is 25.0. The number of rotatable bonds is 15. The molecule has 0 aromatic heterocycles. The minimum absolute atomic E-state index is 0.208. The van der Waals surface area contributed by atoms with E-state index in [2.05, 4.69) is 6.08 Å². The van der Waals surface area contributed by atoms with Crippen LogP contribution >= 0.6 is 0 Å². The number of esters is 1. The predicted molar refractivity (Wildman–Crippen MR) is 131 cm³/mol. The summed E-state index contributed by atoms with van der Waals surface area (Å²) in [5.74, 6) is 0.761. The van der Waals surface area contributed by atoms with Gasteiger partial charge >= 0.3 is 5.97 Å². The van der Waals surface area contributed by atoms with Gasteiger partial charge in [0.25, 0.3) is 0 Å². The molecule has 0 unspecified atom stereocenters. The van der Waals surface area contributed by atoms with E-state index in [0.717, 1.165) is 30.6 Å². The van der Waals surface area contributed by atoms with Gasteiger partial charge in [0.1, 0.15) is 11.5 Å². The molecule has 2 rings (SSSR count). The highest BCUT2D eigenvalue weighted by Crippen LogP contribution is 2.26. The van der Waals surface area contributed by atoms with Crippen LogP contribution in [0.1, 0.15) is 65.4 Å².